The summed E-state index contributed by atoms with van der Waals surface area (Å²) in [7, 11) is 0. The summed E-state index contributed by atoms with van der Waals surface area (Å²) in [5.41, 5.74) is 1.70. The highest BCUT2D eigenvalue weighted by Crippen LogP contribution is 2.24. The zero-order valence-corrected chi connectivity index (χ0v) is 13.7. The maximum atomic E-state index is 11.2. The smallest absolute Gasteiger partial charge is 0.220 e. The molecular weight excluding hydrogens is 324 g/mol. The molecular formula is C16H16N6OS. The number of thiophene rings is 1. The van der Waals surface area contributed by atoms with Crippen molar-refractivity contribution in [2.75, 3.05) is 11.9 Å². The molecule has 0 bridgehead atoms. The number of hydrogen-bond acceptors (Lipinski definition) is 6. The minimum atomic E-state index is 0.109. The zero-order valence-electron chi connectivity index (χ0n) is 12.8. The van der Waals surface area contributed by atoms with Crippen LogP contribution in [0.15, 0.2) is 42.3 Å². The maximum absolute atomic E-state index is 11.2. The SMILES string of the molecule is O=C1CCC(n2cc(Nc3cncc(-c4cccs4)n3)cn2)CN1. The number of aromatic nitrogens is 4. The predicted octanol–water partition coefficient (Wildman–Crippen LogP) is 2.60. The number of anilines is 2. The fourth-order valence-corrected chi connectivity index (χ4v) is 3.34. The summed E-state index contributed by atoms with van der Waals surface area (Å²) in [6.07, 6.45) is 8.49. The third-order valence-corrected chi connectivity index (χ3v) is 4.79. The van der Waals surface area contributed by atoms with Gasteiger partial charge in [0.05, 0.1) is 35.2 Å². The first-order valence-electron chi connectivity index (χ1n) is 7.72. The van der Waals surface area contributed by atoms with Gasteiger partial charge in [0.15, 0.2) is 0 Å². The van der Waals surface area contributed by atoms with E-state index in [1.54, 1.807) is 29.9 Å². The van der Waals surface area contributed by atoms with E-state index in [-0.39, 0.29) is 11.9 Å². The van der Waals surface area contributed by atoms with Crippen molar-refractivity contribution < 1.29 is 4.79 Å². The number of carbonyl (C=O) groups excluding carboxylic acids is 1. The summed E-state index contributed by atoms with van der Waals surface area (Å²) < 4.78 is 1.89. The summed E-state index contributed by atoms with van der Waals surface area (Å²) in [5, 5.41) is 12.5. The van der Waals surface area contributed by atoms with E-state index in [0.29, 0.717) is 18.8 Å². The van der Waals surface area contributed by atoms with E-state index in [1.165, 1.54) is 0 Å². The monoisotopic (exact) mass is 340 g/mol. The van der Waals surface area contributed by atoms with Crippen molar-refractivity contribution in [2.45, 2.75) is 18.9 Å². The lowest BCUT2D eigenvalue weighted by Gasteiger charge is -2.22. The second-order valence-electron chi connectivity index (χ2n) is 5.60. The topological polar surface area (TPSA) is 84.7 Å². The van der Waals surface area contributed by atoms with Gasteiger partial charge in [-0.1, -0.05) is 6.07 Å². The summed E-state index contributed by atoms with van der Waals surface area (Å²) in [6.45, 7) is 0.619. The normalized spacial score (nSPS) is 17.5. The second-order valence-corrected chi connectivity index (χ2v) is 6.55. The van der Waals surface area contributed by atoms with Crippen LogP contribution in [0.25, 0.3) is 10.6 Å². The third kappa shape index (κ3) is 3.13. The van der Waals surface area contributed by atoms with Gasteiger partial charge in [-0.25, -0.2) is 4.98 Å². The molecule has 2 N–H and O–H groups in total. The predicted molar refractivity (Wildman–Crippen MR) is 92.1 cm³/mol. The van der Waals surface area contributed by atoms with Crippen molar-refractivity contribution in [1.29, 1.82) is 0 Å². The molecule has 3 aromatic heterocycles. The number of nitrogens with zero attached hydrogens (tertiary/aromatic N) is 4. The van der Waals surface area contributed by atoms with Crippen molar-refractivity contribution in [3.05, 3.63) is 42.3 Å². The van der Waals surface area contributed by atoms with Crippen molar-refractivity contribution in [3.8, 4) is 10.6 Å². The number of rotatable bonds is 4. The van der Waals surface area contributed by atoms with Gasteiger partial charge in [-0.3, -0.25) is 14.5 Å². The average Bonchev–Trinajstić information content (AvgIpc) is 3.28. The van der Waals surface area contributed by atoms with Crippen molar-refractivity contribution >= 4 is 28.7 Å². The molecule has 1 aliphatic rings. The molecule has 1 atom stereocenters. The summed E-state index contributed by atoms with van der Waals surface area (Å²) in [5.74, 6) is 0.787. The van der Waals surface area contributed by atoms with Crippen LogP contribution in [0.1, 0.15) is 18.9 Å². The van der Waals surface area contributed by atoms with Gasteiger partial charge in [0.25, 0.3) is 0 Å². The molecule has 1 amide bonds. The standard InChI is InChI=1S/C16H16N6OS/c23-16-4-3-12(7-18-16)22-10-11(6-19-22)20-15-9-17-8-13(21-15)14-2-1-5-24-14/h1-2,5-6,8-10,12H,3-4,7H2,(H,18,23)(H,20,21). The molecule has 0 saturated carbocycles. The van der Waals surface area contributed by atoms with Crippen molar-refractivity contribution in [1.82, 2.24) is 25.1 Å². The molecule has 0 spiro atoms. The van der Waals surface area contributed by atoms with E-state index < -0.39 is 0 Å². The molecule has 1 saturated heterocycles. The minimum Gasteiger partial charge on any atom is -0.354 e. The molecule has 0 aromatic carbocycles. The first-order chi connectivity index (χ1) is 11.8. The van der Waals surface area contributed by atoms with Crippen LogP contribution >= 0.6 is 11.3 Å². The Balaban J connectivity index is 1.48. The first-order valence-corrected chi connectivity index (χ1v) is 8.60. The van der Waals surface area contributed by atoms with Crippen molar-refractivity contribution in [2.24, 2.45) is 0 Å². The maximum Gasteiger partial charge on any atom is 0.220 e. The van der Waals surface area contributed by atoms with Gasteiger partial charge in [-0.05, 0) is 17.9 Å². The Morgan fingerprint density at radius 1 is 1.33 bits per heavy atom. The van der Waals surface area contributed by atoms with Crippen molar-refractivity contribution in [3.63, 3.8) is 0 Å². The largest absolute Gasteiger partial charge is 0.354 e. The molecule has 4 rings (SSSR count). The molecule has 3 aromatic rings. The number of hydrogen-bond donors (Lipinski definition) is 2. The Bertz CT molecular complexity index is 834. The number of carbonyl (C=O) groups is 1. The Morgan fingerprint density at radius 3 is 3.08 bits per heavy atom. The van der Waals surface area contributed by atoms with Gasteiger partial charge in [0, 0.05) is 19.2 Å². The van der Waals surface area contributed by atoms with Crippen LogP contribution in [-0.2, 0) is 4.79 Å². The number of amides is 1. The Hall–Kier alpha value is -2.74. The van der Waals surface area contributed by atoms with Crippen LogP contribution in [0, 0.1) is 0 Å². The lowest BCUT2D eigenvalue weighted by molar-refractivity contribution is -0.122. The lowest BCUT2D eigenvalue weighted by atomic mass is 10.1. The van der Waals surface area contributed by atoms with Gasteiger partial charge < -0.3 is 10.6 Å². The Kier molecular flexibility index (Phi) is 3.96. The van der Waals surface area contributed by atoms with Gasteiger partial charge in [-0.15, -0.1) is 11.3 Å². The highest BCUT2D eigenvalue weighted by Gasteiger charge is 2.20. The highest BCUT2D eigenvalue weighted by molar-refractivity contribution is 7.13. The molecule has 1 unspecified atom stereocenters. The van der Waals surface area contributed by atoms with E-state index in [0.717, 1.165) is 22.7 Å². The van der Waals surface area contributed by atoms with Gasteiger partial charge >= 0.3 is 0 Å². The molecule has 8 heteroatoms. The lowest BCUT2D eigenvalue weighted by Crippen LogP contribution is -2.36. The fraction of sp³-hybridized carbons (Fsp3) is 0.250. The van der Waals surface area contributed by atoms with E-state index in [4.69, 9.17) is 0 Å². The van der Waals surface area contributed by atoms with E-state index in [9.17, 15) is 4.79 Å². The van der Waals surface area contributed by atoms with Crippen LogP contribution in [0.2, 0.25) is 0 Å². The van der Waals surface area contributed by atoms with Gasteiger partial charge in [0.1, 0.15) is 11.5 Å². The highest BCUT2D eigenvalue weighted by atomic mass is 32.1. The number of nitrogens with one attached hydrogen (secondary N) is 2. The number of piperidine rings is 1. The summed E-state index contributed by atoms with van der Waals surface area (Å²) >= 11 is 1.63. The Morgan fingerprint density at radius 2 is 2.29 bits per heavy atom. The summed E-state index contributed by atoms with van der Waals surface area (Å²) in [4.78, 5) is 21.2. The van der Waals surface area contributed by atoms with Crippen LogP contribution in [0.4, 0.5) is 11.5 Å². The molecule has 4 heterocycles. The van der Waals surface area contributed by atoms with Gasteiger partial charge in [-0.2, -0.15) is 5.10 Å². The average molecular weight is 340 g/mol. The zero-order chi connectivity index (χ0) is 16.4. The molecule has 1 aliphatic heterocycles. The fourth-order valence-electron chi connectivity index (χ4n) is 2.66. The summed E-state index contributed by atoms with van der Waals surface area (Å²) in [6, 6.07) is 4.21. The van der Waals surface area contributed by atoms with E-state index in [2.05, 4.69) is 25.7 Å². The second kappa shape index (κ2) is 6.40. The van der Waals surface area contributed by atoms with Crippen LogP contribution in [0.5, 0.6) is 0 Å². The molecule has 0 radical (unpaired) electrons. The van der Waals surface area contributed by atoms with Crippen LogP contribution in [-0.4, -0.2) is 32.2 Å². The van der Waals surface area contributed by atoms with E-state index >= 15 is 0 Å². The van der Waals surface area contributed by atoms with Gasteiger partial charge in [0.2, 0.25) is 5.91 Å². The molecule has 7 nitrogen and oxygen atoms in total. The Labute approximate surface area is 142 Å². The molecule has 122 valence electrons. The molecule has 24 heavy (non-hydrogen) atoms. The van der Waals surface area contributed by atoms with E-state index in [1.807, 2.05) is 28.4 Å². The van der Waals surface area contributed by atoms with Crippen LogP contribution < -0.4 is 10.6 Å². The molecule has 1 fully saturated rings. The minimum absolute atomic E-state index is 0.109. The van der Waals surface area contributed by atoms with Crippen LogP contribution in [0.3, 0.4) is 0 Å². The quantitative estimate of drug-likeness (QED) is 0.762. The first kappa shape index (κ1) is 14.8. The third-order valence-electron chi connectivity index (χ3n) is 3.90. The molecule has 0 aliphatic carbocycles.